The first-order valence-corrected chi connectivity index (χ1v) is 6.77. The number of ether oxygens (including phenoxy) is 1. The van der Waals surface area contributed by atoms with Gasteiger partial charge in [-0.25, -0.2) is 9.18 Å². The molecule has 0 aliphatic rings. The molecule has 2 rings (SSSR count). The van der Waals surface area contributed by atoms with Gasteiger partial charge < -0.3 is 15.4 Å². The molecule has 2 aromatic rings. The van der Waals surface area contributed by atoms with Gasteiger partial charge in [0.05, 0.1) is 7.11 Å². The van der Waals surface area contributed by atoms with Crippen molar-refractivity contribution in [1.82, 2.24) is 10.6 Å². The van der Waals surface area contributed by atoms with Crippen molar-refractivity contribution in [3.63, 3.8) is 0 Å². The number of rotatable bonds is 5. The second-order valence-electron chi connectivity index (χ2n) is 4.56. The second kappa shape index (κ2) is 7.83. The van der Waals surface area contributed by atoms with Crippen LogP contribution in [0.5, 0.6) is 5.75 Å². The highest BCUT2D eigenvalue weighted by Crippen LogP contribution is 2.11. The van der Waals surface area contributed by atoms with E-state index in [4.69, 9.17) is 4.74 Å². The molecular formula is C17H17FN2O2. The third-order valence-corrected chi connectivity index (χ3v) is 2.97. The number of urea groups is 1. The molecule has 2 aromatic carbocycles. The Labute approximate surface area is 128 Å². The van der Waals surface area contributed by atoms with Crippen molar-refractivity contribution in [3.8, 4) is 5.75 Å². The molecule has 0 radical (unpaired) electrons. The highest BCUT2D eigenvalue weighted by molar-refractivity contribution is 5.75. The van der Waals surface area contributed by atoms with E-state index < -0.39 is 0 Å². The zero-order chi connectivity index (χ0) is 15.8. The first-order valence-electron chi connectivity index (χ1n) is 6.77. The van der Waals surface area contributed by atoms with E-state index in [9.17, 15) is 9.18 Å². The van der Waals surface area contributed by atoms with Crippen molar-refractivity contribution in [2.45, 2.75) is 6.54 Å². The van der Waals surface area contributed by atoms with Gasteiger partial charge in [0.1, 0.15) is 11.6 Å². The van der Waals surface area contributed by atoms with Gasteiger partial charge in [-0.05, 0) is 41.5 Å². The largest absolute Gasteiger partial charge is 0.497 e. The molecule has 0 unspecified atom stereocenters. The summed E-state index contributed by atoms with van der Waals surface area (Å²) in [5, 5.41) is 5.28. The summed E-state index contributed by atoms with van der Waals surface area (Å²) >= 11 is 0. The zero-order valence-electron chi connectivity index (χ0n) is 12.2. The van der Waals surface area contributed by atoms with E-state index in [1.165, 1.54) is 12.1 Å². The van der Waals surface area contributed by atoms with Gasteiger partial charge in [-0.1, -0.05) is 24.3 Å². The molecule has 0 saturated carbocycles. The fourth-order valence-electron chi connectivity index (χ4n) is 1.76. The third-order valence-electron chi connectivity index (χ3n) is 2.97. The van der Waals surface area contributed by atoms with Crippen LogP contribution >= 0.6 is 0 Å². The lowest BCUT2D eigenvalue weighted by atomic mass is 10.2. The lowest BCUT2D eigenvalue weighted by Crippen LogP contribution is -2.31. The molecule has 0 spiro atoms. The summed E-state index contributed by atoms with van der Waals surface area (Å²) in [6.07, 6.45) is 3.33. The molecule has 0 aliphatic heterocycles. The SMILES string of the molecule is COc1ccc(/C=C/NC(=O)NCc2ccc(F)cc2)cc1. The molecule has 0 bridgehead atoms. The molecule has 0 fully saturated rings. The summed E-state index contributed by atoms with van der Waals surface area (Å²) in [6.45, 7) is 0.336. The van der Waals surface area contributed by atoms with Crippen molar-refractivity contribution in [1.29, 1.82) is 0 Å². The lowest BCUT2D eigenvalue weighted by molar-refractivity contribution is 0.244. The van der Waals surface area contributed by atoms with E-state index in [-0.39, 0.29) is 11.8 Å². The quantitative estimate of drug-likeness (QED) is 0.890. The van der Waals surface area contributed by atoms with Crippen LogP contribution in [0.4, 0.5) is 9.18 Å². The van der Waals surface area contributed by atoms with Crippen LogP contribution in [0, 0.1) is 5.82 Å². The number of carbonyl (C=O) groups is 1. The van der Waals surface area contributed by atoms with Crippen molar-refractivity contribution in [2.75, 3.05) is 7.11 Å². The average molecular weight is 300 g/mol. The molecule has 0 heterocycles. The van der Waals surface area contributed by atoms with Gasteiger partial charge in [0.25, 0.3) is 0 Å². The van der Waals surface area contributed by atoms with Crippen LogP contribution in [0.3, 0.4) is 0 Å². The smallest absolute Gasteiger partial charge is 0.319 e. The number of amides is 2. The van der Waals surface area contributed by atoms with Gasteiger partial charge >= 0.3 is 6.03 Å². The van der Waals surface area contributed by atoms with Gasteiger partial charge in [-0.15, -0.1) is 0 Å². The van der Waals surface area contributed by atoms with Gasteiger partial charge in [-0.2, -0.15) is 0 Å². The monoisotopic (exact) mass is 300 g/mol. The minimum Gasteiger partial charge on any atom is -0.497 e. The maximum atomic E-state index is 12.7. The van der Waals surface area contributed by atoms with Crippen LogP contribution in [0.15, 0.2) is 54.7 Å². The molecule has 2 amide bonds. The number of hydrogen-bond acceptors (Lipinski definition) is 2. The Hall–Kier alpha value is -2.82. The van der Waals surface area contributed by atoms with Crippen molar-refractivity contribution >= 4 is 12.1 Å². The minimum absolute atomic E-state index is 0.296. The number of methoxy groups -OCH3 is 1. The molecule has 0 aliphatic carbocycles. The summed E-state index contributed by atoms with van der Waals surface area (Å²) in [7, 11) is 1.61. The standard InChI is InChI=1S/C17H17FN2O2/c1-22-16-8-4-13(5-9-16)10-11-19-17(21)20-12-14-2-6-15(18)7-3-14/h2-11H,12H2,1H3,(H2,19,20,21)/b11-10+. The second-order valence-corrected chi connectivity index (χ2v) is 4.56. The summed E-state index contributed by atoms with van der Waals surface area (Å²) in [5.74, 6) is 0.484. The number of halogens is 1. The topological polar surface area (TPSA) is 50.4 Å². The molecule has 22 heavy (non-hydrogen) atoms. The van der Waals surface area contributed by atoms with Crippen molar-refractivity contribution in [2.24, 2.45) is 0 Å². The van der Waals surface area contributed by atoms with Crippen LogP contribution in [-0.4, -0.2) is 13.1 Å². The van der Waals surface area contributed by atoms with Gasteiger partial charge in [0, 0.05) is 12.7 Å². The van der Waals surface area contributed by atoms with Crippen molar-refractivity contribution < 1.29 is 13.9 Å². The van der Waals surface area contributed by atoms with E-state index >= 15 is 0 Å². The third kappa shape index (κ3) is 4.94. The van der Waals surface area contributed by atoms with Crippen LogP contribution in [0.2, 0.25) is 0 Å². The highest BCUT2D eigenvalue weighted by Gasteiger charge is 1.98. The zero-order valence-corrected chi connectivity index (χ0v) is 12.2. The minimum atomic E-state index is -0.325. The van der Waals surface area contributed by atoms with Crippen molar-refractivity contribution in [3.05, 3.63) is 71.7 Å². The Bertz CT molecular complexity index is 637. The van der Waals surface area contributed by atoms with Crippen LogP contribution in [0.1, 0.15) is 11.1 Å². The lowest BCUT2D eigenvalue weighted by Gasteiger charge is -2.04. The highest BCUT2D eigenvalue weighted by atomic mass is 19.1. The maximum Gasteiger partial charge on any atom is 0.319 e. The Morgan fingerprint density at radius 1 is 1.14 bits per heavy atom. The molecule has 114 valence electrons. The normalized spacial score (nSPS) is 10.5. The van der Waals surface area contributed by atoms with E-state index in [1.54, 1.807) is 31.5 Å². The molecule has 4 nitrogen and oxygen atoms in total. The summed E-state index contributed by atoms with van der Waals surface area (Å²) in [5.41, 5.74) is 1.77. The van der Waals surface area contributed by atoms with Crippen LogP contribution in [0.25, 0.3) is 6.08 Å². The fourth-order valence-corrected chi connectivity index (χ4v) is 1.76. The van der Waals surface area contributed by atoms with E-state index in [0.717, 1.165) is 16.9 Å². The summed E-state index contributed by atoms with van der Waals surface area (Å²) in [4.78, 5) is 11.6. The first-order chi connectivity index (χ1) is 10.7. The predicted molar refractivity (Wildman–Crippen MR) is 83.8 cm³/mol. The Morgan fingerprint density at radius 3 is 2.45 bits per heavy atom. The fraction of sp³-hybridized carbons (Fsp3) is 0.118. The Balaban J connectivity index is 1.76. The van der Waals surface area contributed by atoms with E-state index in [1.807, 2.05) is 24.3 Å². The molecular weight excluding hydrogens is 283 g/mol. The van der Waals surface area contributed by atoms with Gasteiger partial charge in [0.2, 0.25) is 0 Å². The maximum absolute atomic E-state index is 12.7. The molecule has 0 saturated heterocycles. The predicted octanol–water partition coefficient (Wildman–Crippen LogP) is 3.30. The first kappa shape index (κ1) is 15.6. The number of benzene rings is 2. The molecule has 2 N–H and O–H groups in total. The van der Waals surface area contributed by atoms with E-state index in [0.29, 0.717) is 6.54 Å². The molecule has 5 heteroatoms. The van der Waals surface area contributed by atoms with Crippen LogP contribution < -0.4 is 15.4 Å². The Kier molecular flexibility index (Phi) is 5.54. The van der Waals surface area contributed by atoms with Gasteiger partial charge in [-0.3, -0.25) is 0 Å². The van der Waals surface area contributed by atoms with Gasteiger partial charge in [0.15, 0.2) is 0 Å². The van der Waals surface area contributed by atoms with Crippen LogP contribution in [-0.2, 0) is 6.54 Å². The summed E-state index contributed by atoms with van der Waals surface area (Å²) < 4.78 is 17.8. The van der Waals surface area contributed by atoms with E-state index in [2.05, 4.69) is 10.6 Å². The average Bonchev–Trinajstić information content (AvgIpc) is 2.55. The molecule has 0 aromatic heterocycles. The summed E-state index contributed by atoms with van der Waals surface area (Å²) in [6, 6.07) is 13.1. The number of nitrogens with one attached hydrogen (secondary N) is 2. The molecule has 0 atom stereocenters. The number of carbonyl (C=O) groups excluding carboxylic acids is 1. The Morgan fingerprint density at radius 2 is 1.82 bits per heavy atom. The number of hydrogen-bond donors (Lipinski definition) is 2.